The molecule has 5 heteroatoms. The minimum atomic E-state index is -0.430. The number of thioether (sulfide) groups is 1. The highest BCUT2D eigenvalue weighted by molar-refractivity contribution is 8.02. The lowest BCUT2D eigenvalue weighted by Crippen LogP contribution is -1.86. The van der Waals surface area contributed by atoms with Crippen molar-refractivity contribution in [3.8, 4) is 0 Å². The van der Waals surface area contributed by atoms with E-state index >= 15 is 0 Å². The molecule has 19 heavy (non-hydrogen) atoms. The molecular formula is C14H10FNO2S. The van der Waals surface area contributed by atoms with E-state index in [2.05, 4.69) is 0 Å². The van der Waals surface area contributed by atoms with Crippen LogP contribution in [0.4, 0.5) is 10.1 Å². The van der Waals surface area contributed by atoms with Gasteiger partial charge >= 0.3 is 0 Å². The number of benzene rings is 2. The molecule has 0 saturated carbocycles. The topological polar surface area (TPSA) is 43.1 Å². The Balaban J connectivity index is 1.98. The third-order valence-corrected chi connectivity index (χ3v) is 3.20. The average Bonchev–Trinajstić information content (AvgIpc) is 2.41. The van der Waals surface area contributed by atoms with Crippen molar-refractivity contribution in [2.45, 2.75) is 4.90 Å². The van der Waals surface area contributed by atoms with E-state index in [1.807, 2.05) is 11.5 Å². The summed E-state index contributed by atoms with van der Waals surface area (Å²) in [5.74, 6) is -0.260. The molecule has 96 valence electrons. The summed E-state index contributed by atoms with van der Waals surface area (Å²) in [6.45, 7) is 0. The molecule has 2 aromatic carbocycles. The van der Waals surface area contributed by atoms with Crippen molar-refractivity contribution < 1.29 is 9.31 Å². The van der Waals surface area contributed by atoms with Gasteiger partial charge in [-0.25, -0.2) is 4.39 Å². The first kappa shape index (κ1) is 13.3. The molecule has 0 N–H and O–H groups in total. The summed E-state index contributed by atoms with van der Waals surface area (Å²) in [4.78, 5) is 11.0. The fourth-order valence-electron chi connectivity index (χ4n) is 1.41. The second-order valence-electron chi connectivity index (χ2n) is 3.72. The van der Waals surface area contributed by atoms with Crippen molar-refractivity contribution in [3.05, 3.63) is 75.4 Å². The Morgan fingerprint density at radius 2 is 1.68 bits per heavy atom. The predicted octanol–water partition coefficient (Wildman–Crippen LogP) is 4.50. The summed E-state index contributed by atoms with van der Waals surface area (Å²) >= 11 is 1.45. The number of halogens is 1. The summed E-state index contributed by atoms with van der Waals surface area (Å²) in [5.41, 5.74) is 0.948. The molecule has 0 heterocycles. The Morgan fingerprint density at radius 1 is 1.05 bits per heavy atom. The molecule has 0 amide bonds. The molecule has 0 fully saturated rings. The molecule has 0 radical (unpaired) electrons. The number of nitro groups is 1. The zero-order valence-electron chi connectivity index (χ0n) is 9.82. The summed E-state index contributed by atoms with van der Waals surface area (Å²) < 4.78 is 12.7. The van der Waals surface area contributed by atoms with E-state index < -0.39 is 4.92 Å². The van der Waals surface area contributed by atoms with Crippen LogP contribution in [0.5, 0.6) is 0 Å². The van der Waals surface area contributed by atoms with E-state index in [0.29, 0.717) is 0 Å². The standard InChI is InChI=1S/C14H10FNO2S/c15-12-3-7-14(8-4-12)19-10-9-11-1-5-13(6-2-11)16(17)18/h1-10H/b10-9+. The largest absolute Gasteiger partial charge is 0.269 e. The van der Waals surface area contributed by atoms with E-state index in [1.165, 1.54) is 36.0 Å². The molecule has 0 aromatic heterocycles. The van der Waals surface area contributed by atoms with Crippen molar-refractivity contribution in [3.63, 3.8) is 0 Å². The second-order valence-corrected chi connectivity index (χ2v) is 4.70. The summed E-state index contributed by atoms with van der Waals surface area (Å²) in [6, 6.07) is 12.5. The lowest BCUT2D eigenvalue weighted by molar-refractivity contribution is -0.384. The lowest BCUT2D eigenvalue weighted by Gasteiger charge is -1.96. The quantitative estimate of drug-likeness (QED) is 0.469. The summed E-state index contributed by atoms with van der Waals surface area (Å²) in [5, 5.41) is 12.3. The minimum Gasteiger partial charge on any atom is -0.258 e. The van der Waals surface area contributed by atoms with Gasteiger partial charge in [0.2, 0.25) is 0 Å². The highest BCUT2D eigenvalue weighted by Gasteiger charge is 2.02. The van der Waals surface area contributed by atoms with Gasteiger partial charge in [-0.3, -0.25) is 10.1 Å². The SMILES string of the molecule is O=[N+]([O-])c1ccc(/C=C/Sc2ccc(F)cc2)cc1. The van der Waals surface area contributed by atoms with Crippen LogP contribution in [0, 0.1) is 15.9 Å². The van der Waals surface area contributed by atoms with Crippen molar-refractivity contribution in [1.29, 1.82) is 0 Å². The van der Waals surface area contributed by atoms with E-state index in [-0.39, 0.29) is 11.5 Å². The van der Waals surface area contributed by atoms with Crippen molar-refractivity contribution >= 4 is 23.5 Å². The first-order chi connectivity index (χ1) is 9.15. The third kappa shape index (κ3) is 3.93. The molecule has 0 unspecified atom stereocenters. The molecule has 0 aliphatic carbocycles. The second kappa shape index (κ2) is 6.15. The average molecular weight is 275 g/mol. The van der Waals surface area contributed by atoms with Crippen LogP contribution >= 0.6 is 11.8 Å². The fourth-order valence-corrected chi connectivity index (χ4v) is 2.09. The molecule has 0 saturated heterocycles. The molecule has 0 aliphatic heterocycles. The van der Waals surface area contributed by atoms with Crippen molar-refractivity contribution in [2.75, 3.05) is 0 Å². The zero-order valence-corrected chi connectivity index (χ0v) is 10.6. The normalized spacial score (nSPS) is 10.8. The molecule has 0 atom stereocenters. The predicted molar refractivity (Wildman–Crippen MR) is 74.4 cm³/mol. The van der Waals surface area contributed by atoms with E-state index in [9.17, 15) is 14.5 Å². The molecule has 3 nitrogen and oxygen atoms in total. The maximum Gasteiger partial charge on any atom is 0.269 e. The smallest absolute Gasteiger partial charge is 0.258 e. The number of hydrogen-bond donors (Lipinski definition) is 0. The van der Waals surface area contributed by atoms with Crippen LogP contribution in [0.3, 0.4) is 0 Å². The molecule has 0 bridgehead atoms. The third-order valence-electron chi connectivity index (χ3n) is 2.38. The lowest BCUT2D eigenvalue weighted by atomic mass is 10.2. The highest BCUT2D eigenvalue weighted by atomic mass is 32.2. The summed E-state index contributed by atoms with van der Waals surface area (Å²) in [7, 11) is 0. The number of rotatable bonds is 4. The zero-order chi connectivity index (χ0) is 13.7. The van der Waals surface area contributed by atoms with Crippen LogP contribution in [0.15, 0.2) is 58.8 Å². The van der Waals surface area contributed by atoms with Crippen LogP contribution in [0.25, 0.3) is 6.08 Å². The van der Waals surface area contributed by atoms with Gasteiger partial charge in [0, 0.05) is 17.0 Å². The minimum absolute atomic E-state index is 0.0725. The monoisotopic (exact) mass is 275 g/mol. The van der Waals surface area contributed by atoms with Crippen LogP contribution < -0.4 is 0 Å². The van der Waals surface area contributed by atoms with Gasteiger partial charge in [0.25, 0.3) is 5.69 Å². The first-order valence-corrected chi connectivity index (χ1v) is 6.36. The van der Waals surface area contributed by atoms with Gasteiger partial charge in [-0.2, -0.15) is 0 Å². The Hall–Kier alpha value is -2.14. The molecule has 2 aromatic rings. The van der Waals surface area contributed by atoms with E-state index in [0.717, 1.165) is 10.5 Å². The number of nitrogens with zero attached hydrogens (tertiary/aromatic N) is 1. The fraction of sp³-hybridized carbons (Fsp3) is 0. The Kier molecular flexibility index (Phi) is 4.30. The van der Waals surface area contributed by atoms with Crippen LogP contribution in [-0.2, 0) is 0 Å². The number of hydrogen-bond acceptors (Lipinski definition) is 3. The first-order valence-electron chi connectivity index (χ1n) is 5.48. The maximum absolute atomic E-state index is 12.7. The molecule has 2 rings (SSSR count). The van der Waals surface area contributed by atoms with Crippen molar-refractivity contribution in [2.24, 2.45) is 0 Å². The number of nitro benzene ring substituents is 1. The maximum atomic E-state index is 12.7. The Labute approximate surface area is 113 Å². The highest BCUT2D eigenvalue weighted by Crippen LogP contribution is 2.21. The van der Waals surface area contributed by atoms with Gasteiger partial charge in [0.05, 0.1) is 4.92 Å². The van der Waals surface area contributed by atoms with Gasteiger partial charge < -0.3 is 0 Å². The van der Waals surface area contributed by atoms with Crippen molar-refractivity contribution in [1.82, 2.24) is 0 Å². The molecule has 0 spiro atoms. The van der Waals surface area contributed by atoms with Gasteiger partial charge in [0.1, 0.15) is 5.82 Å². The van der Waals surface area contributed by atoms with Crippen LogP contribution in [-0.4, -0.2) is 4.92 Å². The van der Waals surface area contributed by atoms with E-state index in [4.69, 9.17) is 0 Å². The van der Waals surface area contributed by atoms with Gasteiger partial charge in [0.15, 0.2) is 0 Å². The molecular weight excluding hydrogens is 265 g/mol. The Bertz CT molecular complexity index is 594. The van der Waals surface area contributed by atoms with E-state index in [1.54, 1.807) is 24.3 Å². The van der Waals surface area contributed by atoms with Crippen LogP contribution in [0.2, 0.25) is 0 Å². The van der Waals surface area contributed by atoms with Gasteiger partial charge in [-0.05, 0) is 53.4 Å². The summed E-state index contributed by atoms with van der Waals surface area (Å²) in [6.07, 6.45) is 1.84. The van der Waals surface area contributed by atoms with Crippen LogP contribution in [0.1, 0.15) is 5.56 Å². The molecule has 0 aliphatic rings. The van der Waals surface area contributed by atoms with Gasteiger partial charge in [-0.1, -0.05) is 11.8 Å². The Morgan fingerprint density at radius 3 is 2.26 bits per heavy atom. The number of non-ortho nitro benzene ring substituents is 1. The van der Waals surface area contributed by atoms with Gasteiger partial charge in [-0.15, -0.1) is 0 Å².